The summed E-state index contributed by atoms with van der Waals surface area (Å²) < 4.78 is 30.3. The fourth-order valence-corrected chi connectivity index (χ4v) is 5.90. The molecule has 2 N–H and O–H groups in total. The van der Waals surface area contributed by atoms with Crippen LogP contribution in [0.1, 0.15) is 32.6 Å². The molecule has 0 spiro atoms. The van der Waals surface area contributed by atoms with Crippen molar-refractivity contribution in [3.05, 3.63) is 18.3 Å². The van der Waals surface area contributed by atoms with E-state index >= 15 is 0 Å². The molecule has 2 atom stereocenters. The number of piperidine rings is 2. The number of piperazine rings is 1. The average Bonchev–Trinajstić information content (AvgIpc) is 3.42. The number of carbonyl (C=O) groups excluding carboxylic acids is 1. The fraction of sp³-hybridized carbons (Fsp3) is 0.565. The Balaban J connectivity index is 1.39. The SMILES string of the molecule is CC(=O)N1C[C@@H]2CC[C@H]1CN2c1cc(-c2cnc(N)c(OC(F)F)c2)nc(N2CC3CC2C3)n1. The van der Waals surface area contributed by atoms with Crippen LogP contribution in [0.3, 0.4) is 0 Å². The van der Waals surface area contributed by atoms with E-state index in [2.05, 4.69) is 19.5 Å². The van der Waals surface area contributed by atoms with Crippen molar-refractivity contribution in [1.29, 1.82) is 0 Å². The summed E-state index contributed by atoms with van der Waals surface area (Å²) in [6, 6.07) is 4.12. The van der Waals surface area contributed by atoms with Crippen molar-refractivity contribution in [1.82, 2.24) is 19.9 Å². The van der Waals surface area contributed by atoms with Gasteiger partial charge in [-0.25, -0.2) is 9.97 Å². The zero-order valence-electron chi connectivity index (χ0n) is 18.9. The Labute approximate surface area is 195 Å². The average molecular weight is 472 g/mol. The minimum absolute atomic E-state index is 0.100. The Kier molecular flexibility index (Phi) is 4.96. The van der Waals surface area contributed by atoms with Gasteiger partial charge in [0.2, 0.25) is 11.9 Å². The molecule has 34 heavy (non-hydrogen) atoms. The Bertz CT molecular complexity index is 1130. The minimum Gasteiger partial charge on any atom is -0.431 e. The Morgan fingerprint density at radius 2 is 1.88 bits per heavy atom. The Morgan fingerprint density at radius 3 is 2.53 bits per heavy atom. The Morgan fingerprint density at radius 1 is 1.09 bits per heavy atom. The molecule has 1 amide bonds. The lowest BCUT2D eigenvalue weighted by molar-refractivity contribution is -0.133. The maximum absolute atomic E-state index is 12.9. The van der Waals surface area contributed by atoms with Crippen LogP contribution in [0.4, 0.5) is 26.4 Å². The van der Waals surface area contributed by atoms with Crippen LogP contribution >= 0.6 is 0 Å². The van der Waals surface area contributed by atoms with Crippen molar-refractivity contribution in [3.63, 3.8) is 0 Å². The van der Waals surface area contributed by atoms with Gasteiger partial charge in [-0.15, -0.1) is 0 Å². The van der Waals surface area contributed by atoms with E-state index in [1.165, 1.54) is 12.3 Å². The predicted molar refractivity (Wildman–Crippen MR) is 122 cm³/mol. The molecular weight excluding hydrogens is 444 g/mol. The number of anilines is 3. The number of ether oxygens (including phenoxy) is 1. The highest BCUT2D eigenvalue weighted by molar-refractivity contribution is 5.75. The first-order valence-corrected chi connectivity index (χ1v) is 11.8. The molecule has 0 aromatic carbocycles. The first kappa shape index (κ1) is 21.3. The highest BCUT2D eigenvalue weighted by Crippen LogP contribution is 2.43. The molecule has 0 unspecified atom stereocenters. The molecule has 6 fully saturated rings. The van der Waals surface area contributed by atoms with Crippen LogP contribution in [0.5, 0.6) is 5.75 Å². The highest BCUT2D eigenvalue weighted by atomic mass is 19.3. The number of hydrogen-bond donors (Lipinski definition) is 1. The summed E-state index contributed by atoms with van der Waals surface area (Å²) in [5.74, 6) is 1.95. The number of nitrogen functional groups attached to an aromatic ring is 1. The van der Waals surface area contributed by atoms with Gasteiger partial charge in [-0.3, -0.25) is 4.79 Å². The second kappa shape index (κ2) is 7.92. The maximum Gasteiger partial charge on any atom is 0.387 e. The number of amides is 1. The van der Waals surface area contributed by atoms with Crippen molar-refractivity contribution in [3.8, 4) is 17.0 Å². The van der Waals surface area contributed by atoms with Crippen molar-refractivity contribution in [2.75, 3.05) is 35.2 Å². The summed E-state index contributed by atoms with van der Waals surface area (Å²) in [5.41, 5.74) is 6.86. The smallest absolute Gasteiger partial charge is 0.387 e. The number of hydrogen-bond acceptors (Lipinski definition) is 8. The largest absolute Gasteiger partial charge is 0.431 e. The Hall–Kier alpha value is -3.24. The van der Waals surface area contributed by atoms with Crippen LogP contribution in [0, 0.1) is 5.92 Å². The molecule has 11 heteroatoms. The molecule has 2 aromatic rings. The molecule has 5 aliphatic heterocycles. The van der Waals surface area contributed by atoms with E-state index in [1.807, 2.05) is 11.0 Å². The summed E-state index contributed by atoms with van der Waals surface area (Å²) >= 11 is 0. The third-order valence-corrected chi connectivity index (χ3v) is 7.69. The van der Waals surface area contributed by atoms with Gasteiger partial charge in [-0.1, -0.05) is 0 Å². The van der Waals surface area contributed by atoms with E-state index in [1.54, 1.807) is 6.92 Å². The molecule has 0 radical (unpaired) electrons. The molecular formula is C23H27F2N7O2. The standard InChI is InChI=1S/C23H27F2N7O2/c1-12(33)30-10-16-3-2-15(30)11-31(16)20-7-18(14-6-19(34-22(24)25)21(26)27-8-14)28-23(29-20)32-9-13-4-17(32)5-13/h6-8,13,15-17,22H,2-5,9-11H2,1H3,(H2,26,27)/t13?,15-,16-,17?/m0/s1. The van der Waals surface area contributed by atoms with Crippen LogP contribution in [0.15, 0.2) is 18.3 Å². The number of aromatic nitrogens is 3. The summed E-state index contributed by atoms with van der Waals surface area (Å²) in [6.45, 7) is 0.946. The van der Waals surface area contributed by atoms with Gasteiger partial charge in [0.1, 0.15) is 5.82 Å². The third-order valence-electron chi connectivity index (χ3n) is 7.69. The highest BCUT2D eigenvalue weighted by Gasteiger charge is 2.45. The summed E-state index contributed by atoms with van der Waals surface area (Å²) in [4.78, 5) is 32.4. The van der Waals surface area contributed by atoms with Gasteiger partial charge in [0, 0.05) is 62.5 Å². The van der Waals surface area contributed by atoms with E-state index in [9.17, 15) is 13.6 Å². The lowest BCUT2D eigenvalue weighted by Gasteiger charge is -2.51. The van der Waals surface area contributed by atoms with E-state index < -0.39 is 6.61 Å². The zero-order chi connectivity index (χ0) is 23.6. The molecule has 180 valence electrons. The van der Waals surface area contributed by atoms with Crippen LogP contribution < -0.4 is 20.3 Å². The van der Waals surface area contributed by atoms with Gasteiger partial charge >= 0.3 is 6.61 Å². The van der Waals surface area contributed by atoms with Crippen molar-refractivity contribution >= 4 is 23.5 Å². The maximum atomic E-state index is 12.9. The summed E-state index contributed by atoms with van der Waals surface area (Å²) in [6.07, 6.45) is 5.81. The van der Waals surface area contributed by atoms with Crippen LogP contribution in [0.25, 0.3) is 11.3 Å². The molecule has 4 bridgehead atoms. The van der Waals surface area contributed by atoms with Crippen LogP contribution in [0.2, 0.25) is 0 Å². The minimum atomic E-state index is -3.00. The number of nitrogens with two attached hydrogens (primary N) is 1. The zero-order valence-corrected chi connectivity index (χ0v) is 18.9. The van der Waals surface area contributed by atoms with Gasteiger partial charge in [0.25, 0.3) is 0 Å². The number of pyridine rings is 1. The molecule has 7 heterocycles. The molecule has 9 nitrogen and oxygen atoms in total. The predicted octanol–water partition coefficient (Wildman–Crippen LogP) is 2.52. The number of halogens is 2. The summed E-state index contributed by atoms with van der Waals surface area (Å²) in [7, 11) is 0. The number of nitrogens with zero attached hydrogens (tertiary/aromatic N) is 6. The molecule has 1 aliphatic carbocycles. The van der Waals surface area contributed by atoms with Crippen molar-refractivity contribution in [2.45, 2.75) is 57.3 Å². The number of carbonyl (C=O) groups is 1. The third kappa shape index (κ3) is 3.57. The van der Waals surface area contributed by atoms with Crippen molar-refractivity contribution < 1.29 is 18.3 Å². The molecule has 6 aliphatic rings. The van der Waals surface area contributed by atoms with Gasteiger partial charge in [-0.2, -0.15) is 13.8 Å². The fourth-order valence-electron chi connectivity index (χ4n) is 5.90. The first-order valence-electron chi connectivity index (χ1n) is 11.8. The second-order valence-electron chi connectivity index (χ2n) is 9.75. The monoisotopic (exact) mass is 471 g/mol. The van der Waals surface area contributed by atoms with E-state index in [0.717, 1.165) is 38.0 Å². The number of rotatable bonds is 5. The molecule has 8 rings (SSSR count). The number of fused-ring (bicyclic) bond motifs is 4. The van der Waals surface area contributed by atoms with Gasteiger partial charge in [0.15, 0.2) is 11.6 Å². The first-order chi connectivity index (χ1) is 16.4. The molecule has 2 aromatic heterocycles. The van der Waals surface area contributed by atoms with Gasteiger partial charge in [0.05, 0.1) is 5.69 Å². The van der Waals surface area contributed by atoms with Crippen LogP contribution in [-0.4, -0.2) is 70.1 Å². The molecule has 1 saturated carbocycles. The van der Waals surface area contributed by atoms with Crippen LogP contribution in [-0.2, 0) is 4.79 Å². The van der Waals surface area contributed by atoms with E-state index in [0.29, 0.717) is 42.3 Å². The van der Waals surface area contributed by atoms with E-state index in [4.69, 9.17) is 15.7 Å². The number of alkyl halides is 2. The molecule has 5 saturated heterocycles. The lowest BCUT2D eigenvalue weighted by Crippen LogP contribution is -2.64. The summed E-state index contributed by atoms with van der Waals surface area (Å²) in [5, 5.41) is 0. The lowest BCUT2D eigenvalue weighted by atomic mass is 9.86. The topological polar surface area (TPSA) is 101 Å². The quantitative estimate of drug-likeness (QED) is 0.710. The normalized spacial score (nSPS) is 27.4. The van der Waals surface area contributed by atoms with Gasteiger partial charge < -0.3 is 25.2 Å². The van der Waals surface area contributed by atoms with E-state index in [-0.39, 0.29) is 29.6 Å². The second-order valence-corrected chi connectivity index (χ2v) is 9.75. The van der Waals surface area contributed by atoms with Crippen molar-refractivity contribution in [2.24, 2.45) is 5.92 Å². The van der Waals surface area contributed by atoms with Gasteiger partial charge in [-0.05, 0) is 37.7 Å².